The van der Waals surface area contributed by atoms with Gasteiger partial charge >= 0.3 is 6.18 Å². The minimum atomic E-state index is -4.55. The molecule has 1 N–H and O–H groups in total. The third kappa shape index (κ3) is 3.61. The van der Waals surface area contributed by atoms with Crippen LogP contribution in [0.15, 0.2) is 34.8 Å². The van der Waals surface area contributed by atoms with Gasteiger partial charge in [0.05, 0.1) is 11.3 Å². The van der Waals surface area contributed by atoms with Crippen LogP contribution in [0.1, 0.15) is 5.56 Å². The van der Waals surface area contributed by atoms with Gasteiger partial charge in [-0.3, -0.25) is 0 Å². The van der Waals surface area contributed by atoms with E-state index in [0.717, 1.165) is 6.07 Å². The minimum absolute atomic E-state index is 0.00362. The maximum atomic E-state index is 13.6. The van der Waals surface area contributed by atoms with Crippen LogP contribution in [0.3, 0.4) is 0 Å². The summed E-state index contributed by atoms with van der Waals surface area (Å²) < 4.78 is 52.0. The van der Waals surface area contributed by atoms with Gasteiger partial charge in [-0.25, -0.2) is 9.37 Å². The largest absolute Gasteiger partial charge is 0.416 e. The van der Waals surface area contributed by atoms with Crippen LogP contribution in [0.25, 0.3) is 0 Å². The standard InChI is InChI=1S/C12H6BrClF4N2/c13-7-1-2-9(8(15)5-7)19-11-4-6(12(16,17)18)3-10(14)20-11/h1-5H,(H,19,20). The van der Waals surface area contributed by atoms with Crippen molar-refractivity contribution in [3.8, 4) is 0 Å². The first-order valence-corrected chi connectivity index (χ1v) is 6.39. The number of pyridine rings is 1. The topological polar surface area (TPSA) is 24.9 Å². The zero-order chi connectivity index (χ0) is 14.9. The molecule has 20 heavy (non-hydrogen) atoms. The van der Waals surface area contributed by atoms with Crippen molar-refractivity contribution in [3.63, 3.8) is 0 Å². The number of anilines is 2. The number of nitrogens with zero attached hydrogens (tertiary/aromatic N) is 1. The van der Waals surface area contributed by atoms with Crippen molar-refractivity contribution in [2.45, 2.75) is 6.18 Å². The van der Waals surface area contributed by atoms with E-state index < -0.39 is 17.6 Å². The zero-order valence-corrected chi connectivity index (χ0v) is 11.9. The highest BCUT2D eigenvalue weighted by Crippen LogP contribution is 2.33. The molecular formula is C12H6BrClF4N2. The highest BCUT2D eigenvalue weighted by Gasteiger charge is 2.31. The van der Waals surface area contributed by atoms with Gasteiger partial charge in [0, 0.05) is 4.47 Å². The molecule has 0 atom stereocenters. The first kappa shape index (κ1) is 15.1. The molecule has 2 aromatic rings. The second-order valence-corrected chi connectivity index (χ2v) is 5.11. The quantitative estimate of drug-likeness (QED) is 0.566. The van der Waals surface area contributed by atoms with Crippen molar-refractivity contribution >= 4 is 39.0 Å². The van der Waals surface area contributed by atoms with Crippen LogP contribution in [-0.4, -0.2) is 4.98 Å². The first-order chi connectivity index (χ1) is 9.25. The van der Waals surface area contributed by atoms with Gasteiger partial charge in [0.25, 0.3) is 0 Å². The fourth-order valence-electron chi connectivity index (χ4n) is 1.45. The lowest BCUT2D eigenvalue weighted by atomic mass is 10.2. The van der Waals surface area contributed by atoms with E-state index in [1.165, 1.54) is 12.1 Å². The smallest absolute Gasteiger partial charge is 0.338 e. The molecule has 0 aliphatic carbocycles. The molecule has 0 bridgehead atoms. The van der Waals surface area contributed by atoms with E-state index in [4.69, 9.17) is 11.6 Å². The number of aromatic nitrogens is 1. The Hall–Kier alpha value is -1.34. The van der Waals surface area contributed by atoms with E-state index in [1.807, 2.05) is 0 Å². The Kier molecular flexibility index (Phi) is 4.19. The third-order valence-corrected chi connectivity index (χ3v) is 3.00. The van der Waals surface area contributed by atoms with Crippen LogP contribution in [-0.2, 0) is 6.18 Å². The highest BCUT2D eigenvalue weighted by molar-refractivity contribution is 9.10. The summed E-state index contributed by atoms with van der Waals surface area (Å²) in [5, 5.41) is 2.13. The number of hydrogen-bond acceptors (Lipinski definition) is 2. The Bertz CT molecular complexity index is 646. The van der Waals surface area contributed by atoms with Crippen molar-refractivity contribution in [1.29, 1.82) is 0 Å². The average molecular weight is 370 g/mol. The molecule has 0 spiro atoms. The number of alkyl halides is 3. The molecule has 1 aromatic carbocycles. The molecule has 0 aliphatic rings. The average Bonchev–Trinajstić information content (AvgIpc) is 2.31. The van der Waals surface area contributed by atoms with Crippen LogP contribution >= 0.6 is 27.5 Å². The van der Waals surface area contributed by atoms with Gasteiger partial charge < -0.3 is 5.32 Å². The molecule has 0 aliphatic heterocycles. The molecule has 2 nitrogen and oxygen atoms in total. The van der Waals surface area contributed by atoms with Gasteiger partial charge in [-0.15, -0.1) is 0 Å². The van der Waals surface area contributed by atoms with E-state index in [-0.39, 0.29) is 16.7 Å². The number of nitrogens with one attached hydrogen (secondary N) is 1. The lowest BCUT2D eigenvalue weighted by molar-refractivity contribution is -0.137. The molecule has 1 aromatic heterocycles. The maximum absolute atomic E-state index is 13.6. The van der Waals surface area contributed by atoms with Gasteiger partial charge in [-0.1, -0.05) is 27.5 Å². The van der Waals surface area contributed by atoms with Crippen molar-refractivity contribution < 1.29 is 17.6 Å². The minimum Gasteiger partial charge on any atom is -0.338 e. The Morgan fingerprint density at radius 1 is 1.15 bits per heavy atom. The summed E-state index contributed by atoms with van der Waals surface area (Å²) in [4.78, 5) is 3.68. The normalized spacial score (nSPS) is 11.5. The van der Waals surface area contributed by atoms with Crippen molar-refractivity contribution in [1.82, 2.24) is 4.98 Å². The Labute approximate surface area is 124 Å². The lowest BCUT2D eigenvalue weighted by Gasteiger charge is -2.11. The van der Waals surface area contributed by atoms with Crippen molar-refractivity contribution in [2.75, 3.05) is 5.32 Å². The second-order valence-electron chi connectivity index (χ2n) is 3.81. The van der Waals surface area contributed by atoms with Crippen LogP contribution in [0.5, 0.6) is 0 Å². The van der Waals surface area contributed by atoms with Gasteiger partial charge in [0.2, 0.25) is 0 Å². The van der Waals surface area contributed by atoms with Crippen molar-refractivity contribution in [3.05, 3.63) is 51.3 Å². The van der Waals surface area contributed by atoms with Gasteiger partial charge in [-0.2, -0.15) is 13.2 Å². The van der Waals surface area contributed by atoms with E-state index in [1.54, 1.807) is 6.07 Å². The van der Waals surface area contributed by atoms with Crippen LogP contribution in [0.4, 0.5) is 29.1 Å². The molecule has 106 valence electrons. The zero-order valence-electron chi connectivity index (χ0n) is 9.60. The summed E-state index contributed by atoms with van der Waals surface area (Å²) in [7, 11) is 0. The van der Waals surface area contributed by atoms with Crippen LogP contribution in [0, 0.1) is 5.82 Å². The van der Waals surface area contributed by atoms with Gasteiger partial charge in [0.1, 0.15) is 16.8 Å². The summed E-state index contributed by atoms with van der Waals surface area (Å²) >= 11 is 8.61. The van der Waals surface area contributed by atoms with Crippen LogP contribution in [0.2, 0.25) is 5.15 Å². The molecule has 0 saturated heterocycles. The molecule has 8 heteroatoms. The predicted molar refractivity (Wildman–Crippen MR) is 71.6 cm³/mol. The summed E-state index contributed by atoms with van der Waals surface area (Å²) in [6.45, 7) is 0. The molecule has 0 unspecified atom stereocenters. The summed E-state index contributed by atoms with van der Waals surface area (Å²) in [5.74, 6) is -0.819. The maximum Gasteiger partial charge on any atom is 0.416 e. The third-order valence-electron chi connectivity index (χ3n) is 2.32. The summed E-state index contributed by atoms with van der Waals surface area (Å²) in [5.41, 5.74) is -0.964. The fraction of sp³-hybridized carbons (Fsp3) is 0.0833. The van der Waals surface area contributed by atoms with Gasteiger partial charge in [0.15, 0.2) is 0 Å². The SMILES string of the molecule is Fc1cc(Br)ccc1Nc1cc(C(F)(F)F)cc(Cl)n1. The second kappa shape index (κ2) is 5.57. The van der Waals surface area contributed by atoms with E-state index in [2.05, 4.69) is 26.2 Å². The Morgan fingerprint density at radius 3 is 2.45 bits per heavy atom. The van der Waals surface area contributed by atoms with E-state index in [9.17, 15) is 17.6 Å². The molecule has 1 heterocycles. The summed E-state index contributed by atoms with van der Waals surface area (Å²) in [6.07, 6.45) is -4.55. The number of halogens is 6. The van der Waals surface area contributed by atoms with E-state index in [0.29, 0.717) is 10.5 Å². The van der Waals surface area contributed by atoms with E-state index >= 15 is 0 Å². The molecule has 0 amide bonds. The molecule has 2 rings (SSSR count). The highest BCUT2D eigenvalue weighted by atomic mass is 79.9. The number of rotatable bonds is 2. The number of hydrogen-bond donors (Lipinski definition) is 1. The Balaban J connectivity index is 2.36. The monoisotopic (exact) mass is 368 g/mol. The summed E-state index contributed by atoms with van der Waals surface area (Å²) in [6, 6.07) is 5.55. The van der Waals surface area contributed by atoms with Gasteiger partial charge in [-0.05, 0) is 30.3 Å². The van der Waals surface area contributed by atoms with Crippen LogP contribution < -0.4 is 5.32 Å². The molecule has 0 radical (unpaired) electrons. The number of benzene rings is 1. The van der Waals surface area contributed by atoms with Crippen molar-refractivity contribution in [2.24, 2.45) is 0 Å². The predicted octanol–water partition coefficient (Wildman–Crippen LogP) is 5.40. The lowest BCUT2D eigenvalue weighted by Crippen LogP contribution is -2.07. The fourth-order valence-corrected chi connectivity index (χ4v) is 2.00. The molecular weight excluding hydrogens is 363 g/mol. The molecule has 0 fully saturated rings. The molecule has 0 saturated carbocycles. The first-order valence-electron chi connectivity index (χ1n) is 5.22. The Morgan fingerprint density at radius 2 is 1.85 bits per heavy atom.